The molecule has 0 saturated heterocycles. The largest absolute Gasteiger partial charge is 0.511 e. The van der Waals surface area contributed by atoms with Gasteiger partial charge in [-0.3, -0.25) is 4.79 Å². The SMILES string of the molecule is CCOc1ccc([C@H]2[C@H](C(=O)OC)C(O)=C(C(=O)OC)[C@@H](c3ccc(C)cc3)C2(C#N)C#N)cc1. The summed E-state index contributed by atoms with van der Waals surface area (Å²) in [6.07, 6.45) is 0. The van der Waals surface area contributed by atoms with Gasteiger partial charge in [-0.25, -0.2) is 4.79 Å². The van der Waals surface area contributed by atoms with E-state index in [1.165, 1.54) is 0 Å². The summed E-state index contributed by atoms with van der Waals surface area (Å²) in [6.45, 7) is 4.15. The quantitative estimate of drug-likeness (QED) is 0.620. The van der Waals surface area contributed by atoms with Crippen LogP contribution >= 0.6 is 0 Å². The molecule has 180 valence electrons. The highest BCUT2D eigenvalue weighted by Gasteiger charge is 2.61. The normalized spacial score (nSPS) is 20.8. The van der Waals surface area contributed by atoms with Gasteiger partial charge in [-0.05, 0) is 37.1 Å². The van der Waals surface area contributed by atoms with Crippen molar-refractivity contribution in [2.45, 2.75) is 25.7 Å². The number of benzene rings is 2. The summed E-state index contributed by atoms with van der Waals surface area (Å²) in [7, 11) is 2.26. The molecule has 0 bridgehead atoms. The van der Waals surface area contributed by atoms with Gasteiger partial charge in [-0.15, -0.1) is 0 Å². The zero-order chi connectivity index (χ0) is 25.8. The minimum atomic E-state index is -1.98. The molecule has 2 aromatic carbocycles. The van der Waals surface area contributed by atoms with Crippen LogP contribution in [0.25, 0.3) is 0 Å². The van der Waals surface area contributed by atoms with Gasteiger partial charge in [0.15, 0.2) is 5.41 Å². The van der Waals surface area contributed by atoms with Gasteiger partial charge >= 0.3 is 11.9 Å². The molecule has 1 N–H and O–H groups in total. The molecular formula is C27H26N2O6. The lowest BCUT2D eigenvalue weighted by Gasteiger charge is -2.44. The molecule has 0 amide bonds. The molecule has 0 unspecified atom stereocenters. The van der Waals surface area contributed by atoms with Crippen molar-refractivity contribution in [1.82, 2.24) is 0 Å². The predicted octanol–water partition coefficient (Wildman–Crippen LogP) is 4.08. The van der Waals surface area contributed by atoms with Crippen molar-refractivity contribution in [3.8, 4) is 17.9 Å². The van der Waals surface area contributed by atoms with Crippen LogP contribution in [-0.4, -0.2) is 37.9 Å². The van der Waals surface area contributed by atoms with Gasteiger partial charge in [-0.1, -0.05) is 42.0 Å². The standard InChI is InChI=1S/C27H26N2O6/c1-5-35-19-12-10-18(11-13-19)23-21(26(32)34-4)24(30)20(25(31)33-3)22(27(23,14-28)15-29)17-8-6-16(2)7-9-17/h6-13,21-23,30H,5H2,1-4H3/t21-,22+,23-/m0/s1. The molecule has 3 rings (SSSR count). The molecule has 8 nitrogen and oxygen atoms in total. The summed E-state index contributed by atoms with van der Waals surface area (Å²) >= 11 is 0. The number of carbonyl (C=O) groups excluding carboxylic acids is 2. The van der Waals surface area contributed by atoms with E-state index in [0.717, 1.165) is 19.8 Å². The summed E-state index contributed by atoms with van der Waals surface area (Å²) < 4.78 is 15.4. The van der Waals surface area contributed by atoms with Crippen LogP contribution in [0.4, 0.5) is 0 Å². The predicted molar refractivity (Wildman–Crippen MR) is 125 cm³/mol. The van der Waals surface area contributed by atoms with Crippen LogP contribution in [0.3, 0.4) is 0 Å². The van der Waals surface area contributed by atoms with Gasteiger partial charge < -0.3 is 19.3 Å². The zero-order valence-corrected chi connectivity index (χ0v) is 19.9. The number of carbonyl (C=O) groups is 2. The fourth-order valence-corrected chi connectivity index (χ4v) is 4.73. The number of nitrogens with zero attached hydrogens (tertiary/aromatic N) is 2. The number of hydrogen-bond acceptors (Lipinski definition) is 8. The van der Waals surface area contributed by atoms with Gasteiger partial charge in [-0.2, -0.15) is 10.5 Å². The molecule has 1 aliphatic rings. The molecule has 0 heterocycles. The molecule has 3 atom stereocenters. The number of aliphatic hydroxyl groups excluding tert-OH is 1. The fourth-order valence-electron chi connectivity index (χ4n) is 4.73. The fraction of sp³-hybridized carbons (Fsp3) is 0.333. The number of methoxy groups -OCH3 is 2. The van der Waals surface area contributed by atoms with Crippen LogP contribution < -0.4 is 4.74 Å². The van der Waals surface area contributed by atoms with Crippen molar-refractivity contribution in [3.05, 3.63) is 76.6 Å². The monoisotopic (exact) mass is 474 g/mol. The number of aliphatic hydroxyl groups is 1. The van der Waals surface area contributed by atoms with Gasteiger partial charge in [0, 0.05) is 5.92 Å². The van der Waals surface area contributed by atoms with Crippen molar-refractivity contribution in [1.29, 1.82) is 10.5 Å². The molecule has 0 aromatic heterocycles. The number of ether oxygens (including phenoxy) is 3. The molecule has 8 heteroatoms. The van der Waals surface area contributed by atoms with E-state index in [1.54, 1.807) is 48.5 Å². The van der Waals surface area contributed by atoms with E-state index < -0.39 is 40.9 Å². The Labute approximate surface area is 204 Å². The van der Waals surface area contributed by atoms with E-state index in [0.29, 0.717) is 23.5 Å². The maximum absolute atomic E-state index is 13.0. The van der Waals surface area contributed by atoms with E-state index in [2.05, 4.69) is 12.1 Å². The van der Waals surface area contributed by atoms with Crippen molar-refractivity contribution in [2.24, 2.45) is 11.3 Å². The molecule has 0 radical (unpaired) electrons. The lowest BCUT2D eigenvalue weighted by molar-refractivity contribution is -0.147. The number of aryl methyl sites for hydroxylation is 1. The number of hydrogen-bond donors (Lipinski definition) is 1. The number of esters is 2. The number of nitriles is 2. The first-order valence-electron chi connectivity index (χ1n) is 11.0. The first kappa shape index (κ1) is 25.3. The first-order valence-corrected chi connectivity index (χ1v) is 11.0. The maximum atomic E-state index is 13.0. The third-order valence-corrected chi connectivity index (χ3v) is 6.33. The molecular weight excluding hydrogens is 448 g/mol. The average Bonchev–Trinajstić information content (AvgIpc) is 2.88. The van der Waals surface area contributed by atoms with Crippen LogP contribution in [0.5, 0.6) is 5.75 Å². The Balaban J connectivity index is 2.42. The lowest BCUT2D eigenvalue weighted by Crippen LogP contribution is -2.47. The second-order valence-corrected chi connectivity index (χ2v) is 8.21. The second-order valence-electron chi connectivity index (χ2n) is 8.21. The molecule has 35 heavy (non-hydrogen) atoms. The van der Waals surface area contributed by atoms with Crippen LogP contribution in [0, 0.1) is 40.9 Å². The molecule has 0 saturated carbocycles. The molecule has 1 aliphatic carbocycles. The molecule has 0 fully saturated rings. The third-order valence-electron chi connectivity index (χ3n) is 6.33. The first-order chi connectivity index (χ1) is 16.8. The summed E-state index contributed by atoms with van der Waals surface area (Å²) in [5.41, 5.74) is -0.495. The van der Waals surface area contributed by atoms with E-state index in [1.807, 2.05) is 13.8 Å². The van der Waals surface area contributed by atoms with Gasteiger partial charge in [0.2, 0.25) is 0 Å². The van der Waals surface area contributed by atoms with Gasteiger partial charge in [0.05, 0.1) is 44.5 Å². The Hall–Kier alpha value is -4.30. The second kappa shape index (κ2) is 10.3. The summed E-state index contributed by atoms with van der Waals surface area (Å²) in [5, 5.41) is 32.4. The van der Waals surface area contributed by atoms with Crippen molar-refractivity contribution in [2.75, 3.05) is 20.8 Å². The Morgan fingerprint density at radius 1 is 0.971 bits per heavy atom. The Morgan fingerprint density at radius 2 is 1.54 bits per heavy atom. The Kier molecular flexibility index (Phi) is 7.46. The Morgan fingerprint density at radius 3 is 2.03 bits per heavy atom. The molecule has 0 aliphatic heterocycles. The lowest BCUT2D eigenvalue weighted by atomic mass is 9.54. The highest BCUT2D eigenvalue weighted by atomic mass is 16.5. The molecule has 0 spiro atoms. The third kappa shape index (κ3) is 4.31. The van der Waals surface area contributed by atoms with Crippen molar-refractivity contribution >= 4 is 11.9 Å². The smallest absolute Gasteiger partial charge is 0.337 e. The topological polar surface area (TPSA) is 130 Å². The van der Waals surface area contributed by atoms with Crippen LogP contribution in [-0.2, 0) is 19.1 Å². The van der Waals surface area contributed by atoms with E-state index >= 15 is 0 Å². The van der Waals surface area contributed by atoms with E-state index in [-0.39, 0.29) is 5.57 Å². The van der Waals surface area contributed by atoms with Crippen LogP contribution in [0.1, 0.15) is 35.4 Å². The number of rotatable bonds is 6. The van der Waals surface area contributed by atoms with Crippen molar-refractivity contribution in [3.63, 3.8) is 0 Å². The summed E-state index contributed by atoms with van der Waals surface area (Å²) in [4.78, 5) is 25.9. The average molecular weight is 475 g/mol. The van der Waals surface area contributed by atoms with Crippen molar-refractivity contribution < 1.29 is 28.9 Å². The van der Waals surface area contributed by atoms with E-state index in [9.17, 15) is 25.2 Å². The zero-order valence-electron chi connectivity index (χ0n) is 19.9. The minimum absolute atomic E-state index is 0.322. The summed E-state index contributed by atoms with van der Waals surface area (Å²) in [5.74, 6) is -5.72. The Bertz CT molecular complexity index is 1200. The van der Waals surface area contributed by atoms with Gasteiger partial charge in [0.25, 0.3) is 0 Å². The van der Waals surface area contributed by atoms with Crippen LogP contribution in [0.15, 0.2) is 59.9 Å². The highest BCUT2D eigenvalue weighted by Crippen LogP contribution is 2.59. The highest BCUT2D eigenvalue weighted by molar-refractivity contribution is 5.94. The maximum Gasteiger partial charge on any atom is 0.337 e. The van der Waals surface area contributed by atoms with Gasteiger partial charge in [0.1, 0.15) is 17.4 Å². The summed E-state index contributed by atoms with van der Waals surface area (Å²) in [6, 6.07) is 17.7. The van der Waals surface area contributed by atoms with E-state index in [4.69, 9.17) is 14.2 Å². The van der Waals surface area contributed by atoms with Crippen LogP contribution in [0.2, 0.25) is 0 Å². The minimum Gasteiger partial charge on any atom is -0.511 e. The molecule has 2 aromatic rings.